The maximum absolute atomic E-state index is 11.3. The molecule has 184 valence electrons. The molecule has 5 aliphatic rings. The second-order valence-corrected chi connectivity index (χ2v) is 14.5. The molecule has 0 saturated heterocycles. The van der Waals surface area contributed by atoms with Gasteiger partial charge in [0.05, 0.1) is 17.8 Å². The normalized spacial score (nSPS) is 53.7. The van der Waals surface area contributed by atoms with E-state index in [4.69, 9.17) is 0 Å². The smallest absolute Gasteiger partial charge is 0.0594 e. The Morgan fingerprint density at radius 2 is 1.59 bits per heavy atom. The Morgan fingerprint density at radius 3 is 2.28 bits per heavy atom. The molecule has 0 aliphatic heterocycles. The molecule has 0 bridgehead atoms. The van der Waals surface area contributed by atoms with Crippen molar-refractivity contribution in [2.24, 2.45) is 51.2 Å². The molecule has 10 atom stereocenters. The average Bonchev–Trinajstić information content (AvgIpc) is 3.11. The van der Waals surface area contributed by atoms with Gasteiger partial charge in [-0.15, -0.1) is 0 Å². The van der Waals surface area contributed by atoms with E-state index in [1.54, 1.807) is 0 Å². The quantitative estimate of drug-likeness (QED) is 0.458. The maximum atomic E-state index is 11.3. The van der Waals surface area contributed by atoms with Gasteiger partial charge in [0.25, 0.3) is 0 Å². The van der Waals surface area contributed by atoms with Crippen LogP contribution in [-0.2, 0) is 0 Å². The van der Waals surface area contributed by atoms with Crippen molar-refractivity contribution in [3.63, 3.8) is 0 Å². The Labute approximate surface area is 196 Å². The third-order valence-electron chi connectivity index (χ3n) is 12.7. The van der Waals surface area contributed by atoms with Crippen molar-refractivity contribution in [3.05, 3.63) is 0 Å². The summed E-state index contributed by atoms with van der Waals surface area (Å²) in [5, 5.41) is 32.2. The third-order valence-corrected chi connectivity index (χ3v) is 12.7. The second-order valence-electron chi connectivity index (χ2n) is 14.5. The van der Waals surface area contributed by atoms with Crippen LogP contribution in [0.5, 0.6) is 0 Å². The first-order chi connectivity index (χ1) is 14.8. The second kappa shape index (κ2) is 7.20. The topological polar surface area (TPSA) is 60.7 Å². The summed E-state index contributed by atoms with van der Waals surface area (Å²) in [6.07, 6.45) is 12.3. The van der Waals surface area contributed by atoms with Crippen molar-refractivity contribution >= 4 is 0 Å². The zero-order valence-corrected chi connectivity index (χ0v) is 21.7. The molecule has 32 heavy (non-hydrogen) atoms. The molecule has 0 heterocycles. The van der Waals surface area contributed by atoms with Gasteiger partial charge < -0.3 is 15.3 Å². The Hall–Kier alpha value is -0.120. The molecule has 10 unspecified atom stereocenters. The molecule has 5 saturated carbocycles. The fourth-order valence-electron chi connectivity index (χ4n) is 11.2. The molecule has 0 aromatic heterocycles. The van der Waals surface area contributed by atoms with Crippen LogP contribution >= 0.6 is 0 Å². The van der Waals surface area contributed by atoms with Crippen LogP contribution in [-0.4, -0.2) is 33.1 Å². The summed E-state index contributed by atoms with van der Waals surface area (Å²) in [6.45, 7) is 13.6. The average molecular weight is 447 g/mol. The van der Waals surface area contributed by atoms with E-state index in [0.717, 1.165) is 50.4 Å². The zero-order valence-electron chi connectivity index (χ0n) is 21.7. The van der Waals surface area contributed by atoms with Gasteiger partial charge in [0.1, 0.15) is 0 Å². The SMILES string of the molecule is CC1C23CCC4(C)C(CCCCC(C)(C)O)C(O)CC4C2CCC2C(C)(C)C(O)CCC213. The lowest BCUT2D eigenvalue weighted by atomic mass is 9.46. The lowest BCUT2D eigenvalue weighted by molar-refractivity contribution is -0.132. The third kappa shape index (κ3) is 2.89. The van der Waals surface area contributed by atoms with E-state index < -0.39 is 5.60 Å². The molecule has 5 fully saturated rings. The van der Waals surface area contributed by atoms with Gasteiger partial charge in [-0.3, -0.25) is 0 Å². The molecule has 0 aromatic carbocycles. The van der Waals surface area contributed by atoms with E-state index in [1.807, 2.05) is 13.8 Å². The highest BCUT2D eigenvalue weighted by Gasteiger charge is 2.84. The molecule has 0 amide bonds. The van der Waals surface area contributed by atoms with Gasteiger partial charge in [-0.25, -0.2) is 0 Å². The van der Waals surface area contributed by atoms with Crippen LogP contribution in [0.3, 0.4) is 0 Å². The lowest BCUT2D eigenvalue weighted by Crippen LogP contribution is -2.54. The number of aliphatic hydroxyl groups is 3. The van der Waals surface area contributed by atoms with Crippen LogP contribution in [0.2, 0.25) is 0 Å². The molecular weight excluding hydrogens is 396 g/mol. The standard InChI is InChI=1S/C29H50O3/c1-18-28-16-15-27(6)20(9-7-8-13-25(2,3)32)22(30)17-21(27)19(28)10-11-23-26(4,5)24(31)12-14-29(18,23)28/h18-24,30-32H,7-17H2,1-6H3. The van der Waals surface area contributed by atoms with Gasteiger partial charge >= 0.3 is 0 Å². The fourth-order valence-corrected chi connectivity index (χ4v) is 11.2. The number of hydrogen-bond acceptors (Lipinski definition) is 3. The molecule has 0 aromatic rings. The number of hydrogen-bond donors (Lipinski definition) is 3. The van der Waals surface area contributed by atoms with Crippen LogP contribution in [0, 0.1) is 51.2 Å². The van der Waals surface area contributed by atoms with Crippen molar-refractivity contribution in [1.29, 1.82) is 0 Å². The largest absolute Gasteiger partial charge is 0.393 e. The molecular formula is C29H50O3. The van der Waals surface area contributed by atoms with Crippen molar-refractivity contribution in [2.45, 2.75) is 130 Å². The highest BCUT2D eigenvalue weighted by molar-refractivity contribution is 5.32. The van der Waals surface area contributed by atoms with E-state index >= 15 is 0 Å². The van der Waals surface area contributed by atoms with Crippen LogP contribution in [0.25, 0.3) is 0 Å². The molecule has 3 nitrogen and oxygen atoms in total. The highest BCUT2D eigenvalue weighted by Crippen LogP contribution is 2.89. The van der Waals surface area contributed by atoms with Gasteiger partial charge in [-0.05, 0) is 123 Å². The summed E-state index contributed by atoms with van der Waals surface area (Å²) in [5.41, 5.74) is 0.682. The molecule has 0 radical (unpaired) electrons. The fraction of sp³-hybridized carbons (Fsp3) is 1.00. The van der Waals surface area contributed by atoms with Crippen molar-refractivity contribution in [1.82, 2.24) is 0 Å². The molecule has 3 N–H and O–H groups in total. The van der Waals surface area contributed by atoms with Gasteiger partial charge in [0.15, 0.2) is 0 Å². The Kier molecular flexibility index (Phi) is 5.31. The van der Waals surface area contributed by atoms with Crippen LogP contribution in [0.1, 0.15) is 112 Å². The number of aliphatic hydroxyl groups excluding tert-OH is 2. The van der Waals surface area contributed by atoms with Gasteiger partial charge in [0.2, 0.25) is 0 Å². The lowest BCUT2D eigenvalue weighted by Gasteiger charge is -2.59. The minimum atomic E-state index is -0.575. The maximum Gasteiger partial charge on any atom is 0.0594 e. The summed E-state index contributed by atoms with van der Waals surface area (Å²) in [6, 6.07) is 0. The van der Waals surface area contributed by atoms with Gasteiger partial charge in [-0.1, -0.05) is 40.5 Å². The summed E-state index contributed by atoms with van der Waals surface area (Å²) in [7, 11) is 0. The zero-order chi connectivity index (χ0) is 23.3. The minimum Gasteiger partial charge on any atom is -0.393 e. The van der Waals surface area contributed by atoms with Gasteiger partial charge in [0, 0.05) is 0 Å². The molecule has 2 spiro atoms. The van der Waals surface area contributed by atoms with Crippen LogP contribution < -0.4 is 0 Å². The predicted octanol–water partition coefficient (Wildman–Crippen LogP) is 5.94. The van der Waals surface area contributed by atoms with E-state index in [9.17, 15) is 15.3 Å². The first-order valence-electron chi connectivity index (χ1n) is 13.9. The van der Waals surface area contributed by atoms with Crippen molar-refractivity contribution in [3.8, 4) is 0 Å². The molecule has 5 rings (SSSR count). The predicted molar refractivity (Wildman–Crippen MR) is 129 cm³/mol. The van der Waals surface area contributed by atoms with E-state index in [2.05, 4.69) is 27.7 Å². The van der Waals surface area contributed by atoms with E-state index in [-0.39, 0.29) is 23.0 Å². The monoisotopic (exact) mass is 446 g/mol. The number of unbranched alkanes of at least 4 members (excludes halogenated alkanes) is 1. The summed E-state index contributed by atoms with van der Waals surface area (Å²) in [5.74, 6) is 3.32. The Bertz CT molecular complexity index is 739. The first-order valence-corrected chi connectivity index (χ1v) is 13.9. The Balaban J connectivity index is 1.36. The molecule has 3 heteroatoms. The summed E-state index contributed by atoms with van der Waals surface area (Å²) >= 11 is 0. The number of fused-ring (bicyclic) bond motifs is 2. The van der Waals surface area contributed by atoms with E-state index in [0.29, 0.717) is 28.6 Å². The molecule has 5 aliphatic carbocycles. The van der Waals surface area contributed by atoms with Crippen molar-refractivity contribution < 1.29 is 15.3 Å². The summed E-state index contributed by atoms with van der Waals surface area (Å²) < 4.78 is 0. The van der Waals surface area contributed by atoms with Crippen molar-refractivity contribution in [2.75, 3.05) is 0 Å². The van der Waals surface area contributed by atoms with Crippen LogP contribution in [0.4, 0.5) is 0 Å². The number of rotatable bonds is 5. The first kappa shape index (κ1) is 23.6. The minimum absolute atomic E-state index is 0.0416. The highest BCUT2D eigenvalue weighted by atomic mass is 16.3. The van der Waals surface area contributed by atoms with Crippen LogP contribution in [0.15, 0.2) is 0 Å². The summed E-state index contributed by atoms with van der Waals surface area (Å²) in [4.78, 5) is 0. The van der Waals surface area contributed by atoms with Gasteiger partial charge in [-0.2, -0.15) is 0 Å². The van der Waals surface area contributed by atoms with E-state index in [1.165, 1.54) is 32.1 Å². The Morgan fingerprint density at radius 1 is 0.875 bits per heavy atom.